The summed E-state index contributed by atoms with van der Waals surface area (Å²) in [7, 11) is 0. The zero-order valence-corrected chi connectivity index (χ0v) is 10.9. The Morgan fingerprint density at radius 3 is 2.89 bits per heavy atom. The predicted octanol–water partition coefficient (Wildman–Crippen LogP) is 1.49. The molecule has 2 rings (SSSR count). The SMILES string of the molecule is Cc1ccsc1/C=N\NC(=O)C[n+]1ccccc1. The number of aromatic nitrogens is 1. The molecule has 0 aliphatic rings. The molecular weight excluding hydrogens is 246 g/mol. The van der Waals surface area contributed by atoms with E-state index in [1.807, 2.05) is 49.0 Å². The minimum Gasteiger partial charge on any atom is -0.266 e. The third kappa shape index (κ3) is 3.49. The summed E-state index contributed by atoms with van der Waals surface area (Å²) in [4.78, 5) is 12.6. The molecular formula is C13H14N3OS+. The van der Waals surface area contributed by atoms with Gasteiger partial charge in [0.05, 0.1) is 6.21 Å². The maximum Gasteiger partial charge on any atom is 0.305 e. The van der Waals surface area contributed by atoms with Gasteiger partial charge in [-0.1, -0.05) is 6.07 Å². The molecule has 18 heavy (non-hydrogen) atoms. The molecule has 92 valence electrons. The van der Waals surface area contributed by atoms with Crippen molar-refractivity contribution in [1.82, 2.24) is 5.43 Å². The van der Waals surface area contributed by atoms with Crippen LogP contribution in [0.4, 0.5) is 0 Å². The summed E-state index contributed by atoms with van der Waals surface area (Å²) in [6.45, 7) is 2.28. The molecule has 0 radical (unpaired) electrons. The third-order valence-corrected chi connectivity index (χ3v) is 3.33. The molecule has 0 aliphatic carbocycles. The Kier molecular flexibility index (Phi) is 4.20. The van der Waals surface area contributed by atoms with Gasteiger partial charge >= 0.3 is 5.91 Å². The zero-order valence-electron chi connectivity index (χ0n) is 10.0. The van der Waals surface area contributed by atoms with Gasteiger partial charge in [0.25, 0.3) is 0 Å². The monoisotopic (exact) mass is 260 g/mol. The molecule has 2 aromatic heterocycles. The standard InChI is InChI=1S/C13H13N3OS/c1-11-5-8-18-12(11)9-14-15-13(17)10-16-6-3-2-4-7-16/h2-9H,10H2,1H3/p+1/b14-9-. The number of nitrogens with one attached hydrogen (secondary N) is 1. The number of pyridine rings is 1. The number of aryl methyl sites for hydroxylation is 1. The van der Waals surface area contributed by atoms with Crippen LogP contribution in [0.15, 0.2) is 47.1 Å². The fourth-order valence-electron chi connectivity index (χ4n) is 1.42. The summed E-state index contributed by atoms with van der Waals surface area (Å²) in [6, 6.07) is 7.69. The van der Waals surface area contributed by atoms with Crippen molar-refractivity contribution in [2.75, 3.05) is 0 Å². The highest BCUT2D eigenvalue weighted by atomic mass is 32.1. The quantitative estimate of drug-likeness (QED) is 0.505. The molecule has 0 saturated carbocycles. The summed E-state index contributed by atoms with van der Waals surface area (Å²) >= 11 is 1.60. The summed E-state index contributed by atoms with van der Waals surface area (Å²) < 4.78 is 1.79. The second-order valence-corrected chi connectivity index (χ2v) is 4.76. The van der Waals surface area contributed by atoms with Crippen LogP contribution in [0.1, 0.15) is 10.4 Å². The van der Waals surface area contributed by atoms with E-state index in [1.54, 1.807) is 22.1 Å². The number of hydrogen-bond acceptors (Lipinski definition) is 3. The Morgan fingerprint density at radius 1 is 1.44 bits per heavy atom. The first-order chi connectivity index (χ1) is 8.75. The molecule has 0 fully saturated rings. The lowest BCUT2D eigenvalue weighted by Crippen LogP contribution is -2.40. The van der Waals surface area contributed by atoms with Gasteiger partial charge in [0.2, 0.25) is 6.54 Å². The second kappa shape index (κ2) is 6.07. The van der Waals surface area contributed by atoms with E-state index in [1.165, 1.54) is 0 Å². The van der Waals surface area contributed by atoms with Crippen LogP contribution >= 0.6 is 11.3 Å². The largest absolute Gasteiger partial charge is 0.305 e. The number of carbonyl (C=O) groups is 1. The van der Waals surface area contributed by atoms with Crippen LogP contribution in [0.3, 0.4) is 0 Å². The molecule has 0 spiro atoms. The average molecular weight is 260 g/mol. The normalized spacial score (nSPS) is 10.7. The van der Waals surface area contributed by atoms with E-state index >= 15 is 0 Å². The van der Waals surface area contributed by atoms with Crippen LogP contribution in [-0.4, -0.2) is 12.1 Å². The van der Waals surface area contributed by atoms with Crippen LogP contribution in [0, 0.1) is 6.92 Å². The summed E-state index contributed by atoms with van der Waals surface area (Å²) in [6.07, 6.45) is 5.35. The zero-order chi connectivity index (χ0) is 12.8. The Hall–Kier alpha value is -2.01. The maximum atomic E-state index is 11.6. The first kappa shape index (κ1) is 12.4. The van der Waals surface area contributed by atoms with E-state index < -0.39 is 0 Å². The molecule has 1 amide bonds. The van der Waals surface area contributed by atoms with E-state index in [2.05, 4.69) is 10.5 Å². The molecule has 0 atom stereocenters. The highest BCUT2D eigenvalue weighted by Crippen LogP contribution is 2.12. The van der Waals surface area contributed by atoms with Gasteiger partial charge in [-0.3, -0.25) is 4.79 Å². The fourth-order valence-corrected chi connectivity index (χ4v) is 2.21. The van der Waals surface area contributed by atoms with Crippen LogP contribution in [-0.2, 0) is 11.3 Å². The van der Waals surface area contributed by atoms with E-state index in [-0.39, 0.29) is 12.5 Å². The topological polar surface area (TPSA) is 45.3 Å². The van der Waals surface area contributed by atoms with Crippen molar-refractivity contribution in [2.24, 2.45) is 5.10 Å². The summed E-state index contributed by atoms with van der Waals surface area (Å²) in [5, 5.41) is 5.94. The first-order valence-electron chi connectivity index (χ1n) is 5.56. The smallest absolute Gasteiger partial charge is 0.266 e. The minimum atomic E-state index is -0.142. The van der Waals surface area contributed by atoms with Gasteiger partial charge in [-0.05, 0) is 23.9 Å². The van der Waals surface area contributed by atoms with E-state index in [4.69, 9.17) is 0 Å². The summed E-state index contributed by atoms with van der Waals surface area (Å²) in [5.74, 6) is -0.142. The Morgan fingerprint density at radius 2 is 2.22 bits per heavy atom. The van der Waals surface area contributed by atoms with Gasteiger partial charge in [0, 0.05) is 17.0 Å². The van der Waals surface area contributed by atoms with E-state index in [9.17, 15) is 4.79 Å². The Labute approximate surface area is 110 Å². The number of nitrogens with zero attached hydrogens (tertiary/aromatic N) is 2. The van der Waals surface area contributed by atoms with E-state index in [0.29, 0.717) is 0 Å². The number of hydrogen-bond donors (Lipinski definition) is 1. The number of rotatable bonds is 4. The van der Waals surface area contributed by atoms with Crippen LogP contribution < -0.4 is 9.99 Å². The molecule has 0 unspecified atom stereocenters. The van der Waals surface area contributed by atoms with Gasteiger partial charge in [-0.25, -0.2) is 5.43 Å². The Balaban J connectivity index is 1.86. The van der Waals surface area contributed by atoms with Crippen molar-refractivity contribution in [2.45, 2.75) is 13.5 Å². The van der Waals surface area contributed by atoms with Crippen molar-refractivity contribution < 1.29 is 9.36 Å². The highest BCUT2D eigenvalue weighted by molar-refractivity contribution is 7.11. The minimum absolute atomic E-state index is 0.142. The van der Waals surface area contributed by atoms with Gasteiger partial charge in [0.1, 0.15) is 0 Å². The van der Waals surface area contributed by atoms with Gasteiger partial charge in [-0.15, -0.1) is 11.3 Å². The molecule has 0 aliphatic heterocycles. The predicted molar refractivity (Wildman–Crippen MR) is 71.4 cm³/mol. The van der Waals surface area contributed by atoms with Crippen molar-refractivity contribution in [3.05, 3.63) is 52.5 Å². The van der Waals surface area contributed by atoms with Crippen molar-refractivity contribution in [3.8, 4) is 0 Å². The lowest BCUT2D eigenvalue weighted by Gasteiger charge is -1.96. The second-order valence-electron chi connectivity index (χ2n) is 3.81. The highest BCUT2D eigenvalue weighted by Gasteiger charge is 2.06. The van der Waals surface area contributed by atoms with Crippen LogP contribution in [0.25, 0.3) is 0 Å². The van der Waals surface area contributed by atoms with Gasteiger partial charge < -0.3 is 0 Å². The van der Waals surface area contributed by atoms with Crippen molar-refractivity contribution >= 4 is 23.5 Å². The van der Waals surface area contributed by atoms with Crippen LogP contribution in [0.2, 0.25) is 0 Å². The molecule has 4 nitrogen and oxygen atoms in total. The number of carbonyl (C=O) groups excluding carboxylic acids is 1. The number of hydrazone groups is 1. The van der Waals surface area contributed by atoms with Gasteiger partial charge in [0.15, 0.2) is 12.4 Å². The van der Waals surface area contributed by atoms with Crippen LogP contribution in [0.5, 0.6) is 0 Å². The van der Waals surface area contributed by atoms with Crippen molar-refractivity contribution in [1.29, 1.82) is 0 Å². The lowest BCUT2D eigenvalue weighted by molar-refractivity contribution is -0.684. The number of amides is 1. The van der Waals surface area contributed by atoms with Gasteiger partial charge in [-0.2, -0.15) is 9.67 Å². The molecule has 0 bridgehead atoms. The molecule has 2 aromatic rings. The van der Waals surface area contributed by atoms with E-state index in [0.717, 1.165) is 10.4 Å². The summed E-state index contributed by atoms with van der Waals surface area (Å²) in [5.41, 5.74) is 3.68. The molecule has 0 saturated heterocycles. The molecule has 5 heteroatoms. The fraction of sp³-hybridized carbons (Fsp3) is 0.154. The maximum absolute atomic E-state index is 11.6. The molecule has 0 aromatic carbocycles. The molecule has 1 N–H and O–H groups in total. The first-order valence-corrected chi connectivity index (χ1v) is 6.44. The average Bonchev–Trinajstić information content (AvgIpc) is 2.76. The van der Waals surface area contributed by atoms with Crippen molar-refractivity contribution in [3.63, 3.8) is 0 Å². The third-order valence-electron chi connectivity index (χ3n) is 2.38. The number of thiophene rings is 1. The lowest BCUT2D eigenvalue weighted by atomic mass is 10.3. The molecule has 2 heterocycles. The Bertz CT molecular complexity index is 548.